The van der Waals surface area contributed by atoms with Crippen molar-refractivity contribution in [3.8, 4) is 0 Å². The summed E-state index contributed by atoms with van der Waals surface area (Å²) in [5.41, 5.74) is 3.62. The third kappa shape index (κ3) is 4.13. The number of pyridine rings is 1. The minimum Gasteiger partial charge on any atom is -0.340 e. The number of rotatable bonds is 3. The highest BCUT2D eigenvalue weighted by Gasteiger charge is 2.42. The van der Waals surface area contributed by atoms with Crippen molar-refractivity contribution in [2.24, 2.45) is 0 Å². The fourth-order valence-corrected chi connectivity index (χ4v) is 6.47. The highest BCUT2D eigenvalue weighted by molar-refractivity contribution is 7.91. The first kappa shape index (κ1) is 22.6. The van der Waals surface area contributed by atoms with Gasteiger partial charge in [0.15, 0.2) is 9.84 Å². The first-order chi connectivity index (χ1) is 14.3. The van der Waals surface area contributed by atoms with E-state index in [1.54, 1.807) is 23.2 Å². The monoisotopic (exact) mass is 501 g/mol. The molecule has 6 nitrogen and oxygen atoms in total. The second kappa shape index (κ2) is 8.43. The number of anilines is 2. The summed E-state index contributed by atoms with van der Waals surface area (Å²) in [5, 5.41) is 4.31. The lowest BCUT2D eigenvalue weighted by atomic mass is 9.88. The number of fused-ring (bicyclic) bond motifs is 5. The third-order valence-electron chi connectivity index (χ3n) is 6.45. The van der Waals surface area contributed by atoms with Crippen LogP contribution in [-0.4, -0.2) is 48.8 Å². The Labute approximate surface area is 197 Å². The van der Waals surface area contributed by atoms with Gasteiger partial charge in [0.25, 0.3) is 5.91 Å². The van der Waals surface area contributed by atoms with Crippen LogP contribution in [0.1, 0.15) is 52.6 Å². The van der Waals surface area contributed by atoms with Gasteiger partial charge in [-0.15, -0.1) is 12.4 Å². The summed E-state index contributed by atoms with van der Waals surface area (Å²) in [6.45, 7) is 0.487. The first-order valence-electron chi connectivity index (χ1n) is 10.1. The van der Waals surface area contributed by atoms with Crippen LogP contribution in [0.25, 0.3) is 0 Å². The molecule has 2 bridgehead atoms. The van der Waals surface area contributed by atoms with Crippen molar-refractivity contribution in [1.29, 1.82) is 0 Å². The molecule has 2 unspecified atom stereocenters. The average Bonchev–Trinajstić information content (AvgIpc) is 3.33. The van der Waals surface area contributed by atoms with Crippen molar-refractivity contribution >= 4 is 62.9 Å². The molecule has 2 aliphatic carbocycles. The standard InChI is InChI=1S/C21H21Cl2N3O3S.ClH/c22-16-4-3-14(10-17(16)23)25-20-19-13-2-1-12(9-13)18(19)15(11-24-20)21(27)26-5-7-30(28,29)8-6-26;/h3-4,10-13H,1-2,5-9H2,(H,24,25);1H. The summed E-state index contributed by atoms with van der Waals surface area (Å²) in [6, 6.07) is 5.35. The Hall–Kier alpha value is -1.54. The molecule has 166 valence electrons. The van der Waals surface area contributed by atoms with Crippen LogP contribution in [0.5, 0.6) is 0 Å². The fraction of sp³-hybridized carbons (Fsp3) is 0.429. The average molecular weight is 503 g/mol. The van der Waals surface area contributed by atoms with Gasteiger partial charge in [0.2, 0.25) is 0 Å². The van der Waals surface area contributed by atoms with Crippen molar-refractivity contribution < 1.29 is 13.2 Å². The van der Waals surface area contributed by atoms with Gasteiger partial charge >= 0.3 is 0 Å². The molecular weight excluding hydrogens is 481 g/mol. The number of benzene rings is 1. The molecule has 2 aromatic rings. The zero-order chi connectivity index (χ0) is 21.0. The van der Waals surface area contributed by atoms with E-state index in [0.717, 1.165) is 41.9 Å². The Bertz CT molecular complexity index is 1140. The van der Waals surface area contributed by atoms with Gasteiger partial charge in [0.05, 0.1) is 27.1 Å². The number of carbonyl (C=O) groups is 1. The Morgan fingerprint density at radius 2 is 1.74 bits per heavy atom. The van der Waals surface area contributed by atoms with Crippen LogP contribution in [-0.2, 0) is 9.84 Å². The van der Waals surface area contributed by atoms with Gasteiger partial charge in [-0.1, -0.05) is 23.2 Å². The topological polar surface area (TPSA) is 79.4 Å². The summed E-state index contributed by atoms with van der Waals surface area (Å²) in [4.78, 5) is 19.5. The molecule has 2 heterocycles. The van der Waals surface area contributed by atoms with Crippen LogP contribution in [0.3, 0.4) is 0 Å². The summed E-state index contributed by atoms with van der Waals surface area (Å²) < 4.78 is 23.5. The minimum atomic E-state index is -3.04. The highest BCUT2D eigenvalue weighted by Crippen LogP contribution is 2.56. The third-order valence-corrected chi connectivity index (χ3v) is 8.80. The van der Waals surface area contributed by atoms with Crippen LogP contribution in [0, 0.1) is 0 Å². The normalized spacial score (nSPS) is 23.2. The van der Waals surface area contributed by atoms with Crippen LogP contribution in [0.4, 0.5) is 11.5 Å². The molecule has 1 amide bonds. The van der Waals surface area contributed by atoms with Crippen molar-refractivity contribution in [2.75, 3.05) is 29.9 Å². The van der Waals surface area contributed by atoms with Crippen molar-refractivity contribution in [2.45, 2.75) is 31.1 Å². The van der Waals surface area contributed by atoms with Crippen LogP contribution in [0.15, 0.2) is 24.4 Å². The summed E-state index contributed by atoms with van der Waals surface area (Å²) >= 11 is 12.2. The van der Waals surface area contributed by atoms with Gasteiger partial charge in [-0.05, 0) is 54.9 Å². The van der Waals surface area contributed by atoms with E-state index in [1.807, 2.05) is 6.07 Å². The van der Waals surface area contributed by atoms with E-state index >= 15 is 0 Å². The SMILES string of the molecule is Cl.O=C(c1cnc(Nc2ccc(Cl)c(Cl)c2)c2c1C1CCC2C1)N1CCS(=O)(=O)CC1. The molecular formula is C21H22Cl3N3O3S. The lowest BCUT2D eigenvalue weighted by molar-refractivity contribution is 0.0768. The largest absolute Gasteiger partial charge is 0.340 e. The van der Waals surface area contributed by atoms with Gasteiger partial charge < -0.3 is 10.2 Å². The van der Waals surface area contributed by atoms with Gasteiger partial charge in [-0.2, -0.15) is 0 Å². The Morgan fingerprint density at radius 3 is 2.42 bits per heavy atom. The number of amides is 1. The molecule has 1 saturated carbocycles. The molecule has 1 saturated heterocycles. The van der Waals surface area contributed by atoms with E-state index in [2.05, 4.69) is 10.3 Å². The quantitative estimate of drug-likeness (QED) is 0.653. The molecule has 1 aromatic carbocycles. The second-order valence-corrected chi connectivity index (χ2v) is 11.4. The Morgan fingerprint density at radius 1 is 1.06 bits per heavy atom. The van der Waals surface area contributed by atoms with Gasteiger partial charge in [-0.3, -0.25) is 4.79 Å². The summed E-state index contributed by atoms with van der Waals surface area (Å²) in [7, 11) is -3.04. The van der Waals surface area contributed by atoms with Crippen molar-refractivity contribution in [3.05, 3.63) is 51.1 Å². The summed E-state index contributed by atoms with van der Waals surface area (Å²) in [6.07, 6.45) is 4.84. The van der Waals surface area contributed by atoms with Gasteiger partial charge in [0, 0.05) is 30.5 Å². The second-order valence-electron chi connectivity index (χ2n) is 8.25. The predicted molar refractivity (Wildman–Crippen MR) is 125 cm³/mol. The van der Waals surface area contributed by atoms with E-state index in [4.69, 9.17) is 23.2 Å². The molecule has 0 spiro atoms. The van der Waals surface area contributed by atoms with Crippen molar-refractivity contribution in [1.82, 2.24) is 9.88 Å². The van der Waals surface area contributed by atoms with Crippen LogP contribution in [0.2, 0.25) is 10.0 Å². The number of halogens is 3. The molecule has 2 atom stereocenters. The highest BCUT2D eigenvalue weighted by atomic mass is 35.5. The zero-order valence-electron chi connectivity index (χ0n) is 16.6. The van der Waals surface area contributed by atoms with Crippen LogP contribution >= 0.6 is 35.6 Å². The summed E-state index contributed by atoms with van der Waals surface area (Å²) in [5.74, 6) is 1.44. The van der Waals surface area contributed by atoms with Crippen LogP contribution < -0.4 is 5.32 Å². The number of hydrogen-bond acceptors (Lipinski definition) is 5. The molecule has 2 fully saturated rings. The maximum absolute atomic E-state index is 13.2. The molecule has 5 rings (SSSR count). The number of aromatic nitrogens is 1. The van der Waals surface area contributed by atoms with Gasteiger partial charge in [-0.25, -0.2) is 13.4 Å². The molecule has 1 aliphatic heterocycles. The van der Waals surface area contributed by atoms with E-state index in [0.29, 0.717) is 27.4 Å². The number of carbonyl (C=O) groups excluding carboxylic acids is 1. The minimum absolute atomic E-state index is 0. The van der Waals surface area contributed by atoms with E-state index < -0.39 is 9.84 Å². The smallest absolute Gasteiger partial charge is 0.255 e. The van der Waals surface area contributed by atoms with Crippen molar-refractivity contribution in [3.63, 3.8) is 0 Å². The first-order valence-corrected chi connectivity index (χ1v) is 12.6. The number of sulfone groups is 1. The fourth-order valence-electron chi connectivity index (χ4n) is 4.97. The predicted octanol–water partition coefficient (Wildman–Crippen LogP) is 4.79. The van der Waals surface area contributed by atoms with E-state index in [1.165, 1.54) is 0 Å². The number of nitrogens with one attached hydrogen (secondary N) is 1. The molecule has 1 aromatic heterocycles. The maximum atomic E-state index is 13.2. The Kier molecular flexibility index (Phi) is 6.16. The molecule has 1 N–H and O–H groups in total. The zero-order valence-corrected chi connectivity index (χ0v) is 19.8. The number of hydrogen-bond donors (Lipinski definition) is 1. The Balaban J connectivity index is 0.00000231. The maximum Gasteiger partial charge on any atom is 0.255 e. The number of nitrogens with zero attached hydrogens (tertiary/aromatic N) is 2. The molecule has 31 heavy (non-hydrogen) atoms. The lowest BCUT2D eigenvalue weighted by Crippen LogP contribution is -2.44. The van der Waals surface area contributed by atoms with E-state index in [-0.39, 0.29) is 42.9 Å². The molecule has 0 radical (unpaired) electrons. The lowest BCUT2D eigenvalue weighted by Gasteiger charge is -2.29. The molecule has 10 heteroatoms. The van der Waals surface area contributed by atoms with E-state index in [9.17, 15) is 13.2 Å². The van der Waals surface area contributed by atoms with Gasteiger partial charge in [0.1, 0.15) is 5.82 Å². The molecule has 3 aliphatic rings.